The fourth-order valence-electron chi connectivity index (χ4n) is 1.64. The molecule has 0 aromatic heterocycles. The first-order valence-corrected chi connectivity index (χ1v) is 6.31. The summed E-state index contributed by atoms with van der Waals surface area (Å²) < 4.78 is 10.3. The SMILES string of the molecule is CCC(C)C(N)C(=O)Nc1cc(OC)ccc1OC. The average Bonchev–Trinajstić information content (AvgIpc) is 2.45. The molecule has 1 aromatic carbocycles. The number of ether oxygens (including phenoxy) is 2. The Balaban J connectivity index is 2.88. The van der Waals surface area contributed by atoms with Crippen LogP contribution in [-0.4, -0.2) is 26.2 Å². The van der Waals surface area contributed by atoms with Crippen LogP contribution in [0.3, 0.4) is 0 Å². The van der Waals surface area contributed by atoms with Crippen LogP contribution in [0.2, 0.25) is 0 Å². The van der Waals surface area contributed by atoms with E-state index in [9.17, 15) is 4.79 Å². The van der Waals surface area contributed by atoms with Gasteiger partial charge in [0, 0.05) is 6.07 Å². The zero-order chi connectivity index (χ0) is 14.4. The smallest absolute Gasteiger partial charge is 0.241 e. The fraction of sp³-hybridized carbons (Fsp3) is 0.500. The molecule has 106 valence electrons. The molecular formula is C14H22N2O3. The van der Waals surface area contributed by atoms with Gasteiger partial charge < -0.3 is 20.5 Å². The Morgan fingerprint density at radius 2 is 2.05 bits per heavy atom. The molecule has 0 aliphatic heterocycles. The molecule has 0 aliphatic rings. The topological polar surface area (TPSA) is 73.6 Å². The van der Waals surface area contributed by atoms with Gasteiger partial charge in [-0.3, -0.25) is 4.79 Å². The van der Waals surface area contributed by atoms with Gasteiger partial charge in [0.1, 0.15) is 11.5 Å². The number of carbonyl (C=O) groups is 1. The molecule has 1 aromatic rings. The summed E-state index contributed by atoms with van der Waals surface area (Å²) in [5, 5.41) is 2.78. The van der Waals surface area contributed by atoms with Gasteiger partial charge in [0.25, 0.3) is 0 Å². The predicted octanol–water partition coefficient (Wildman–Crippen LogP) is 2.02. The molecule has 2 atom stereocenters. The number of benzene rings is 1. The second-order valence-corrected chi connectivity index (χ2v) is 4.47. The van der Waals surface area contributed by atoms with Crippen molar-refractivity contribution in [3.05, 3.63) is 18.2 Å². The highest BCUT2D eigenvalue weighted by Gasteiger charge is 2.20. The van der Waals surface area contributed by atoms with Gasteiger partial charge in [0.05, 0.1) is 25.9 Å². The maximum Gasteiger partial charge on any atom is 0.241 e. The molecule has 0 fully saturated rings. The van der Waals surface area contributed by atoms with Crippen LogP contribution in [0, 0.1) is 5.92 Å². The van der Waals surface area contributed by atoms with Crippen LogP contribution in [0.1, 0.15) is 20.3 Å². The average molecular weight is 266 g/mol. The molecule has 5 nitrogen and oxygen atoms in total. The number of anilines is 1. The quantitative estimate of drug-likeness (QED) is 0.826. The zero-order valence-electron chi connectivity index (χ0n) is 11.9. The Labute approximate surface area is 114 Å². The second kappa shape index (κ2) is 6.99. The molecule has 0 saturated heterocycles. The maximum atomic E-state index is 12.0. The lowest BCUT2D eigenvalue weighted by molar-refractivity contribution is -0.118. The fourth-order valence-corrected chi connectivity index (χ4v) is 1.64. The van der Waals surface area contributed by atoms with Crippen LogP contribution < -0.4 is 20.5 Å². The number of methoxy groups -OCH3 is 2. The number of rotatable bonds is 6. The van der Waals surface area contributed by atoms with E-state index in [2.05, 4.69) is 5.32 Å². The molecule has 0 aliphatic carbocycles. The van der Waals surface area contributed by atoms with Crippen molar-refractivity contribution in [2.24, 2.45) is 11.7 Å². The van der Waals surface area contributed by atoms with E-state index in [1.165, 1.54) is 0 Å². The van der Waals surface area contributed by atoms with Gasteiger partial charge in [-0.2, -0.15) is 0 Å². The highest BCUT2D eigenvalue weighted by Crippen LogP contribution is 2.29. The number of amides is 1. The lowest BCUT2D eigenvalue weighted by atomic mass is 9.99. The Hall–Kier alpha value is -1.75. The van der Waals surface area contributed by atoms with Gasteiger partial charge in [0.15, 0.2) is 0 Å². The molecule has 5 heteroatoms. The molecule has 0 radical (unpaired) electrons. The van der Waals surface area contributed by atoms with Crippen molar-refractivity contribution in [2.45, 2.75) is 26.3 Å². The molecule has 3 N–H and O–H groups in total. The minimum atomic E-state index is -0.541. The predicted molar refractivity (Wildman–Crippen MR) is 75.6 cm³/mol. The van der Waals surface area contributed by atoms with Crippen molar-refractivity contribution in [1.82, 2.24) is 0 Å². The Bertz CT molecular complexity index is 435. The summed E-state index contributed by atoms with van der Waals surface area (Å²) in [5.41, 5.74) is 6.46. The summed E-state index contributed by atoms with van der Waals surface area (Å²) in [6, 6.07) is 4.67. The van der Waals surface area contributed by atoms with Crippen molar-refractivity contribution in [1.29, 1.82) is 0 Å². The zero-order valence-corrected chi connectivity index (χ0v) is 11.9. The first kappa shape index (κ1) is 15.3. The van der Waals surface area contributed by atoms with Crippen molar-refractivity contribution >= 4 is 11.6 Å². The van der Waals surface area contributed by atoms with E-state index in [4.69, 9.17) is 15.2 Å². The third-order valence-corrected chi connectivity index (χ3v) is 3.22. The van der Waals surface area contributed by atoms with Crippen LogP contribution in [0.25, 0.3) is 0 Å². The summed E-state index contributed by atoms with van der Waals surface area (Å²) in [6.07, 6.45) is 0.851. The molecule has 1 rings (SSSR count). The molecule has 0 heterocycles. The van der Waals surface area contributed by atoms with Gasteiger partial charge in [-0.15, -0.1) is 0 Å². The summed E-state index contributed by atoms with van der Waals surface area (Å²) in [4.78, 5) is 12.0. The lowest BCUT2D eigenvalue weighted by Crippen LogP contribution is -2.40. The van der Waals surface area contributed by atoms with E-state index in [1.807, 2.05) is 13.8 Å². The molecule has 19 heavy (non-hydrogen) atoms. The largest absolute Gasteiger partial charge is 0.497 e. The normalized spacial score (nSPS) is 13.5. The molecule has 0 spiro atoms. The third-order valence-electron chi connectivity index (χ3n) is 3.22. The van der Waals surface area contributed by atoms with E-state index in [-0.39, 0.29) is 11.8 Å². The first-order chi connectivity index (χ1) is 9.03. The highest BCUT2D eigenvalue weighted by molar-refractivity contribution is 5.96. The van der Waals surface area contributed by atoms with Crippen molar-refractivity contribution < 1.29 is 14.3 Å². The Morgan fingerprint density at radius 3 is 2.58 bits per heavy atom. The van der Waals surface area contributed by atoms with Gasteiger partial charge in [-0.05, 0) is 18.1 Å². The molecule has 2 unspecified atom stereocenters. The summed E-state index contributed by atoms with van der Waals surface area (Å²) in [6.45, 7) is 3.96. The Morgan fingerprint density at radius 1 is 1.37 bits per heavy atom. The summed E-state index contributed by atoms with van der Waals surface area (Å²) in [5.74, 6) is 1.12. The van der Waals surface area contributed by atoms with E-state index in [0.29, 0.717) is 17.2 Å². The minimum Gasteiger partial charge on any atom is -0.497 e. The van der Waals surface area contributed by atoms with Gasteiger partial charge >= 0.3 is 0 Å². The minimum absolute atomic E-state index is 0.122. The number of hydrogen-bond acceptors (Lipinski definition) is 4. The van der Waals surface area contributed by atoms with Crippen LogP contribution in [0.4, 0.5) is 5.69 Å². The van der Waals surface area contributed by atoms with Crippen LogP contribution >= 0.6 is 0 Å². The van der Waals surface area contributed by atoms with Gasteiger partial charge in [-0.1, -0.05) is 20.3 Å². The van der Waals surface area contributed by atoms with Crippen molar-refractivity contribution in [3.63, 3.8) is 0 Å². The number of hydrogen-bond donors (Lipinski definition) is 2. The lowest BCUT2D eigenvalue weighted by Gasteiger charge is -2.19. The van der Waals surface area contributed by atoms with Gasteiger partial charge in [-0.25, -0.2) is 0 Å². The Kier molecular flexibility index (Phi) is 5.63. The molecule has 1 amide bonds. The van der Waals surface area contributed by atoms with Crippen LogP contribution in [0.15, 0.2) is 18.2 Å². The first-order valence-electron chi connectivity index (χ1n) is 6.31. The second-order valence-electron chi connectivity index (χ2n) is 4.47. The standard InChI is InChI=1S/C14H22N2O3/c1-5-9(2)13(15)14(17)16-11-8-10(18-3)6-7-12(11)19-4/h6-9,13H,5,15H2,1-4H3,(H,16,17). The number of nitrogens with one attached hydrogen (secondary N) is 1. The highest BCUT2D eigenvalue weighted by atomic mass is 16.5. The monoisotopic (exact) mass is 266 g/mol. The summed E-state index contributed by atoms with van der Waals surface area (Å²) in [7, 11) is 3.12. The van der Waals surface area contributed by atoms with E-state index < -0.39 is 6.04 Å². The molecule has 0 saturated carbocycles. The summed E-state index contributed by atoms with van der Waals surface area (Å²) >= 11 is 0. The van der Waals surface area contributed by atoms with E-state index in [0.717, 1.165) is 6.42 Å². The van der Waals surface area contributed by atoms with E-state index >= 15 is 0 Å². The van der Waals surface area contributed by atoms with Crippen LogP contribution in [-0.2, 0) is 4.79 Å². The maximum absolute atomic E-state index is 12.0. The number of nitrogens with two attached hydrogens (primary N) is 1. The molecule has 0 bridgehead atoms. The van der Waals surface area contributed by atoms with Crippen molar-refractivity contribution in [2.75, 3.05) is 19.5 Å². The third kappa shape index (κ3) is 3.86. The van der Waals surface area contributed by atoms with Crippen molar-refractivity contribution in [3.8, 4) is 11.5 Å². The number of carbonyl (C=O) groups excluding carboxylic acids is 1. The van der Waals surface area contributed by atoms with E-state index in [1.54, 1.807) is 32.4 Å². The van der Waals surface area contributed by atoms with Crippen LogP contribution in [0.5, 0.6) is 11.5 Å². The van der Waals surface area contributed by atoms with Gasteiger partial charge in [0.2, 0.25) is 5.91 Å². The molecular weight excluding hydrogens is 244 g/mol.